The first kappa shape index (κ1) is 14.8. The third kappa shape index (κ3) is 2.81. The molecule has 0 aromatic heterocycles. The lowest BCUT2D eigenvalue weighted by Crippen LogP contribution is -2.53. The first-order valence-corrected chi connectivity index (χ1v) is 7.09. The van der Waals surface area contributed by atoms with E-state index in [2.05, 4.69) is 0 Å². The van der Waals surface area contributed by atoms with Crippen molar-refractivity contribution in [3.05, 3.63) is 35.4 Å². The van der Waals surface area contributed by atoms with Gasteiger partial charge in [-0.3, -0.25) is 4.90 Å². The number of likely N-dealkylation sites (tertiary alicyclic amines) is 1. The van der Waals surface area contributed by atoms with Crippen LogP contribution in [-0.4, -0.2) is 54.1 Å². The van der Waals surface area contributed by atoms with E-state index in [9.17, 15) is 19.0 Å². The zero-order valence-electron chi connectivity index (χ0n) is 11.6. The van der Waals surface area contributed by atoms with Crippen LogP contribution in [-0.2, 0) is 4.74 Å². The second-order valence-corrected chi connectivity index (χ2v) is 6.15. The number of hydrogen-bond acceptors (Lipinski definition) is 4. The summed E-state index contributed by atoms with van der Waals surface area (Å²) in [4.78, 5) is 1.92. The third-order valence-corrected chi connectivity index (χ3v) is 4.39. The summed E-state index contributed by atoms with van der Waals surface area (Å²) in [5.41, 5.74) is -0.0913. The Labute approximate surface area is 121 Å². The maximum absolute atomic E-state index is 14.0. The second kappa shape index (κ2) is 5.61. The lowest BCUT2D eigenvalue weighted by molar-refractivity contribution is -0.150. The molecule has 0 aliphatic carbocycles. The Hall–Kier alpha value is -1.08. The Bertz CT molecular complexity index is 516. The number of ether oxygens (including phenoxy) is 1. The lowest BCUT2D eigenvalue weighted by atomic mass is 9.86. The van der Waals surface area contributed by atoms with Crippen molar-refractivity contribution in [2.75, 3.05) is 32.9 Å². The first-order valence-electron chi connectivity index (χ1n) is 7.09. The van der Waals surface area contributed by atoms with Gasteiger partial charge in [0, 0.05) is 24.7 Å². The molecular formula is C15H19F2NO3. The van der Waals surface area contributed by atoms with Crippen LogP contribution in [0.4, 0.5) is 8.78 Å². The summed E-state index contributed by atoms with van der Waals surface area (Å²) in [6, 6.07) is 3.01. The average Bonchev–Trinajstić information content (AvgIpc) is 2.77. The van der Waals surface area contributed by atoms with Gasteiger partial charge in [-0.25, -0.2) is 8.78 Å². The predicted octanol–water partition coefficient (Wildman–Crippen LogP) is 1.08. The van der Waals surface area contributed by atoms with Crippen molar-refractivity contribution in [1.82, 2.24) is 4.90 Å². The Morgan fingerprint density at radius 2 is 2.10 bits per heavy atom. The van der Waals surface area contributed by atoms with Crippen molar-refractivity contribution in [2.45, 2.75) is 18.6 Å². The summed E-state index contributed by atoms with van der Waals surface area (Å²) in [6.07, 6.45) is -0.211. The first-order chi connectivity index (χ1) is 10.0. The number of β-amino-alcohol motifs (C(OH)–C–C–N with tert-alkyl or cyclic N) is 1. The van der Waals surface area contributed by atoms with E-state index in [1.807, 2.05) is 4.90 Å². The number of aliphatic hydroxyl groups is 2. The van der Waals surface area contributed by atoms with E-state index < -0.39 is 17.7 Å². The molecule has 2 aliphatic heterocycles. The highest BCUT2D eigenvalue weighted by Gasteiger charge is 2.44. The molecule has 0 radical (unpaired) electrons. The lowest BCUT2D eigenvalue weighted by Gasteiger charge is -2.43. The van der Waals surface area contributed by atoms with Crippen molar-refractivity contribution >= 4 is 0 Å². The van der Waals surface area contributed by atoms with E-state index in [-0.39, 0.29) is 23.6 Å². The van der Waals surface area contributed by atoms with Gasteiger partial charge in [-0.05, 0) is 24.6 Å². The minimum Gasteiger partial charge on any atom is -0.396 e. The number of rotatable bonds is 4. The molecule has 2 heterocycles. The molecule has 1 aromatic carbocycles. The summed E-state index contributed by atoms with van der Waals surface area (Å²) < 4.78 is 32.5. The molecular weight excluding hydrogens is 280 g/mol. The molecule has 2 fully saturated rings. The number of hydrogen-bond donors (Lipinski definition) is 2. The van der Waals surface area contributed by atoms with Gasteiger partial charge in [-0.2, -0.15) is 0 Å². The van der Waals surface area contributed by atoms with E-state index in [0.29, 0.717) is 32.7 Å². The SMILES string of the molecule is OCC1(CN2C[C@@H](O)C[C@H]2c2cc(F)ccc2F)COC1. The van der Waals surface area contributed by atoms with E-state index >= 15 is 0 Å². The molecule has 3 rings (SSSR count). The molecule has 2 aliphatic rings. The Balaban J connectivity index is 1.83. The monoisotopic (exact) mass is 299 g/mol. The standard InChI is InChI=1S/C15H19F2NO3/c16-10-1-2-13(17)12(3-10)14-4-11(20)5-18(14)6-15(7-19)8-21-9-15/h1-3,11,14,19-20H,4-9H2/t11-,14-/m0/s1. The van der Waals surface area contributed by atoms with Crippen LogP contribution in [0.3, 0.4) is 0 Å². The van der Waals surface area contributed by atoms with Crippen LogP contribution in [0.1, 0.15) is 18.0 Å². The third-order valence-electron chi connectivity index (χ3n) is 4.39. The molecule has 0 amide bonds. The molecule has 21 heavy (non-hydrogen) atoms. The quantitative estimate of drug-likeness (QED) is 0.873. The summed E-state index contributed by atoms with van der Waals surface area (Å²) >= 11 is 0. The average molecular weight is 299 g/mol. The van der Waals surface area contributed by atoms with Gasteiger partial charge < -0.3 is 14.9 Å². The summed E-state index contributed by atoms with van der Waals surface area (Å²) in [6.45, 7) is 1.78. The van der Waals surface area contributed by atoms with E-state index in [1.165, 1.54) is 6.07 Å². The van der Waals surface area contributed by atoms with Crippen molar-refractivity contribution in [3.8, 4) is 0 Å². The van der Waals surface area contributed by atoms with Crippen molar-refractivity contribution < 1.29 is 23.7 Å². The van der Waals surface area contributed by atoms with Crippen LogP contribution < -0.4 is 0 Å². The molecule has 1 aromatic rings. The molecule has 2 N–H and O–H groups in total. The van der Waals surface area contributed by atoms with Crippen molar-refractivity contribution in [1.29, 1.82) is 0 Å². The summed E-state index contributed by atoms with van der Waals surface area (Å²) in [7, 11) is 0. The second-order valence-electron chi connectivity index (χ2n) is 6.15. The van der Waals surface area contributed by atoms with Gasteiger partial charge >= 0.3 is 0 Å². The fourth-order valence-corrected chi connectivity index (χ4v) is 3.20. The maximum atomic E-state index is 14.0. The maximum Gasteiger partial charge on any atom is 0.128 e. The van der Waals surface area contributed by atoms with Crippen molar-refractivity contribution in [3.63, 3.8) is 0 Å². The van der Waals surface area contributed by atoms with E-state index in [1.54, 1.807) is 0 Å². The largest absolute Gasteiger partial charge is 0.396 e. The topological polar surface area (TPSA) is 52.9 Å². The molecule has 4 nitrogen and oxygen atoms in total. The van der Waals surface area contributed by atoms with Crippen LogP contribution >= 0.6 is 0 Å². The number of halogens is 2. The zero-order chi connectivity index (χ0) is 15.0. The highest BCUT2D eigenvalue weighted by Crippen LogP contribution is 2.38. The van der Waals surface area contributed by atoms with Crippen LogP contribution in [0.2, 0.25) is 0 Å². The Morgan fingerprint density at radius 1 is 1.33 bits per heavy atom. The van der Waals surface area contributed by atoms with Gasteiger partial charge in [0.05, 0.1) is 31.3 Å². The van der Waals surface area contributed by atoms with Crippen LogP contribution in [0.25, 0.3) is 0 Å². The molecule has 2 saturated heterocycles. The fourth-order valence-electron chi connectivity index (χ4n) is 3.20. The number of aliphatic hydroxyl groups excluding tert-OH is 2. The minimum atomic E-state index is -0.575. The van der Waals surface area contributed by atoms with Crippen LogP contribution in [0, 0.1) is 17.0 Å². The minimum absolute atomic E-state index is 0.0159. The summed E-state index contributed by atoms with van der Waals surface area (Å²) in [5.74, 6) is -0.958. The van der Waals surface area contributed by atoms with E-state index in [0.717, 1.165) is 12.1 Å². The Kier molecular flexibility index (Phi) is 3.96. The highest BCUT2D eigenvalue weighted by molar-refractivity contribution is 5.24. The molecule has 0 unspecified atom stereocenters. The van der Waals surface area contributed by atoms with Gasteiger partial charge in [-0.1, -0.05) is 0 Å². The highest BCUT2D eigenvalue weighted by atomic mass is 19.1. The molecule has 0 spiro atoms. The van der Waals surface area contributed by atoms with Gasteiger partial charge in [-0.15, -0.1) is 0 Å². The Morgan fingerprint density at radius 3 is 2.71 bits per heavy atom. The van der Waals surface area contributed by atoms with Gasteiger partial charge in [0.2, 0.25) is 0 Å². The smallest absolute Gasteiger partial charge is 0.128 e. The molecule has 116 valence electrons. The van der Waals surface area contributed by atoms with Crippen LogP contribution in [0.5, 0.6) is 0 Å². The van der Waals surface area contributed by atoms with E-state index in [4.69, 9.17) is 4.74 Å². The number of nitrogens with zero attached hydrogens (tertiary/aromatic N) is 1. The molecule has 6 heteroatoms. The predicted molar refractivity (Wildman–Crippen MR) is 71.6 cm³/mol. The van der Waals surface area contributed by atoms with Gasteiger partial charge in [0.25, 0.3) is 0 Å². The number of benzene rings is 1. The molecule has 0 saturated carbocycles. The molecule has 0 bridgehead atoms. The van der Waals surface area contributed by atoms with Gasteiger partial charge in [0.1, 0.15) is 11.6 Å². The van der Waals surface area contributed by atoms with Crippen LogP contribution in [0.15, 0.2) is 18.2 Å². The zero-order valence-corrected chi connectivity index (χ0v) is 11.6. The fraction of sp³-hybridized carbons (Fsp3) is 0.600. The molecule has 2 atom stereocenters. The summed E-state index contributed by atoms with van der Waals surface area (Å²) in [5, 5.41) is 19.4. The van der Waals surface area contributed by atoms with Gasteiger partial charge in [0.15, 0.2) is 0 Å². The normalized spacial score (nSPS) is 28.6. The van der Waals surface area contributed by atoms with Crippen molar-refractivity contribution in [2.24, 2.45) is 5.41 Å².